The molecule has 45 heavy (non-hydrogen) atoms. The van der Waals surface area contributed by atoms with E-state index >= 15 is 0 Å². The van der Waals surface area contributed by atoms with Crippen LogP contribution in [0.4, 0.5) is 0 Å². The molecule has 0 saturated carbocycles. The SMILES string of the molecule is [Fe].c1ccc(CP(Cc2ccccc2)Cc2ccccc2)cc1.c1ccc(CP(Cc2ccccc2)Cc2ccccc2)cc1. The fraction of sp³-hybridized carbons (Fsp3) is 0.143. The standard InChI is InChI=1S/2C21H21P.Fe/c2*1-4-10-19(11-5-1)16-22(17-20-12-6-2-7-13-20)18-21-14-8-3-9-15-21;/h2*1-15H,16-18H2;. The number of hydrogen-bond acceptors (Lipinski definition) is 0. The Morgan fingerprint density at radius 2 is 0.356 bits per heavy atom. The van der Waals surface area contributed by atoms with Crippen molar-refractivity contribution in [1.82, 2.24) is 0 Å². The third-order valence-corrected chi connectivity index (χ3v) is 12.4. The van der Waals surface area contributed by atoms with Gasteiger partial charge in [0.2, 0.25) is 0 Å². The molecular formula is C42H42FeP2. The molecule has 0 saturated heterocycles. The van der Waals surface area contributed by atoms with Crippen LogP contribution in [-0.2, 0) is 54.0 Å². The summed E-state index contributed by atoms with van der Waals surface area (Å²) in [5.74, 6) is 0. The molecule has 228 valence electrons. The zero-order valence-electron chi connectivity index (χ0n) is 25.8. The maximum Gasteiger partial charge on any atom is 0 e. The minimum Gasteiger partial charge on any atom is -0.0932 e. The molecule has 6 rings (SSSR count). The Morgan fingerprint density at radius 3 is 0.489 bits per heavy atom. The molecule has 0 amide bonds. The summed E-state index contributed by atoms with van der Waals surface area (Å²) in [5, 5.41) is 0. The van der Waals surface area contributed by atoms with Gasteiger partial charge in [-0.2, -0.15) is 0 Å². The number of rotatable bonds is 12. The van der Waals surface area contributed by atoms with Crippen LogP contribution >= 0.6 is 15.8 Å². The Bertz CT molecular complexity index is 1260. The van der Waals surface area contributed by atoms with E-state index in [0.717, 1.165) is 0 Å². The summed E-state index contributed by atoms with van der Waals surface area (Å²) < 4.78 is 0. The van der Waals surface area contributed by atoms with Crippen molar-refractivity contribution >= 4 is 15.8 Å². The molecule has 0 N–H and O–H groups in total. The first-order valence-electron chi connectivity index (χ1n) is 15.5. The van der Waals surface area contributed by atoms with Gasteiger partial charge in [-0.1, -0.05) is 198 Å². The van der Waals surface area contributed by atoms with E-state index < -0.39 is 0 Å². The minimum absolute atomic E-state index is 0. The molecule has 0 aliphatic rings. The molecule has 0 aliphatic heterocycles. The summed E-state index contributed by atoms with van der Waals surface area (Å²) in [4.78, 5) is 0. The molecule has 0 aromatic heterocycles. The average Bonchev–Trinajstić information content (AvgIpc) is 3.08. The number of benzene rings is 6. The van der Waals surface area contributed by atoms with Gasteiger partial charge >= 0.3 is 0 Å². The Balaban J connectivity index is 0.000000200. The van der Waals surface area contributed by atoms with Gasteiger partial charge in [0.05, 0.1) is 0 Å². The van der Waals surface area contributed by atoms with Crippen LogP contribution in [0.3, 0.4) is 0 Å². The van der Waals surface area contributed by atoms with Crippen LogP contribution in [0.1, 0.15) is 33.4 Å². The first-order valence-corrected chi connectivity index (χ1v) is 19.3. The fourth-order valence-electron chi connectivity index (χ4n) is 5.39. The largest absolute Gasteiger partial charge is 0.0932 e. The van der Waals surface area contributed by atoms with Crippen molar-refractivity contribution in [3.8, 4) is 0 Å². The second kappa shape index (κ2) is 20.0. The van der Waals surface area contributed by atoms with Crippen LogP contribution in [0.2, 0.25) is 0 Å². The molecular weight excluding hydrogens is 622 g/mol. The molecule has 6 aromatic rings. The van der Waals surface area contributed by atoms with Gasteiger partial charge in [0.25, 0.3) is 0 Å². The van der Waals surface area contributed by atoms with Gasteiger partial charge < -0.3 is 0 Å². The van der Waals surface area contributed by atoms with Gasteiger partial charge in [0.1, 0.15) is 0 Å². The molecule has 6 aromatic carbocycles. The van der Waals surface area contributed by atoms with Gasteiger partial charge in [-0.3, -0.25) is 0 Å². The van der Waals surface area contributed by atoms with Crippen LogP contribution in [0, 0.1) is 0 Å². The molecule has 0 spiro atoms. The molecule has 0 fully saturated rings. The summed E-state index contributed by atoms with van der Waals surface area (Å²) in [6.45, 7) is 0. The average molecular weight is 665 g/mol. The van der Waals surface area contributed by atoms with E-state index in [4.69, 9.17) is 0 Å². The van der Waals surface area contributed by atoms with E-state index in [1.54, 1.807) is 0 Å². The van der Waals surface area contributed by atoms with E-state index in [-0.39, 0.29) is 32.9 Å². The van der Waals surface area contributed by atoms with E-state index in [0.29, 0.717) is 0 Å². The Morgan fingerprint density at radius 1 is 0.222 bits per heavy atom. The minimum atomic E-state index is -0.0895. The zero-order chi connectivity index (χ0) is 30.1. The van der Waals surface area contributed by atoms with E-state index in [1.807, 2.05) is 0 Å². The molecule has 3 heteroatoms. The fourth-order valence-corrected chi connectivity index (χ4v) is 10.4. The molecule has 0 nitrogen and oxygen atoms in total. The van der Waals surface area contributed by atoms with Gasteiger partial charge in [-0.05, 0) is 70.4 Å². The van der Waals surface area contributed by atoms with Crippen LogP contribution < -0.4 is 0 Å². The zero-order valence-corrected chi connectivity index (χ0v) is 28.7. The summed E-state index contributed by atoms with van der Waals surface area (Å²) in [5.41, 5.74) is 8.75. The van der Waals surface area contributed by atoms with Gasteiger partial charge in [-0.25, -0.2) is 0 Å². The van der Waals surface area contributed by atoms with Gasteiger partial charge in [-0.15, -0.1) is 0 Å². The second-order valence-corrected chi connectivity index (χ2v) is 15.8. The Labute approximate surface area is 284 Å². The maximum absolute atomic E-state index is 2.26. The Kier molecular flexibility index (Phi) is 15.3. The third kappa shape index (κ3) is 12.9. The first kappa shape index (κ1) is 34.6. The topological polar surface area (TPSA) is 0 Å². The number of hydrogen-bond donors (Lipinski definition) is 0. The smallest absolute Gasteiger partial charge is 0 e. The van der Waals surface area contributed by atoms with Crippen molar-refractivity contribution in [3.05, 3.63) is 215 Å². The van der Waals surface area contributed by atoms with Crippen molar-refractivity contribution < 1.29 is 17.1 Å². The first-order chi connectivity index (χ1) is 21.8. The predicted octanol–water partition coefficient (Wildman–Crippen LogP) is 12.1. The molecule has 0 radical (unpaired) electrons. The summed E-state index contributed by atoms with van der Waals surface area (Å²) >= 11 is 0. The van der Waals surface area contributed by atoms with Crippen molar-refractivity contribution in [3.63, 3.8) is 0 Å². The molecule has 0 unspecified atom stereocenters. The van der Waals surface area contributed by atoms with Gasteiger partial charge in [0, 0.05) is 17.1 Å². The van der Waals surface area contributed by atoms with E-state index in [2.05, 4.69) is 182 Å². The van der Waals surface area contributed by atoms with Crippen molar-refractivity contribution in [1.29, 1.82) is 0 Å². The third-order valence-electron chi connectivity index (χ3n) is 7.49. The summed E-state index contributed by atoms with van der Waals surface area (Å²) in [6.07, 6.45) is 7.17. The summed E-state index contributed by atoms with van der Waals surface area (Å²) in [6, 6.07) is 65.4. The predicted molar refractivity (Wildman–Crippen MR) is 195 cm³/mol. The molecule has 0 aliphatic carbocycles. The van der Waals surface area contributed by atoms with Crippen molar-refractivity contribution in [2.24, 2.45) is 0 Å². The van der Waals surface area contributed by atoms with E-state index in [1.165, 1.54) is 70.4 Å². The van der Waals surface area contributed by atoms with Crippen molar-refractivity contribution in [2.45, 2.75) is 37.0 Å². The van der Waals surface area contributed by atoms with E-state index in [9.17, 15) is 0 Å². The molecule has 0 bridgehead atoms. The second-order valence-electron chi connectivity index (χ2n) is 11.2. The molecule has 0 atom stereocenters. The van der Waals surface area contributed by atoms with Crippen LogP contribution in [0.5, 0.6) is 0 Å². The van der Waals surface area contributed by atoms with Crippen LogP contribution in [-0.4, -0.2) is 0 Å². The normalized spacial score (nSPS) is 10.5. The summed E-state index contributed by atoms with van der Waals surface area (Å²) in [7, 11) is -0.179. The van der Waals surface area contributed by atoms with Crippen LogP contribution in [0.15, 0.2) is 182 Å². The quantitative estimate of drug-likeness (QED) is 0.0902. The van der Waals surface area contributed by atoms with Crippen LogP contribution in [0.25, 0.3) is 0 Å². The Hall–Kier alpha value is -3.30. The van der Waals surface area contributed by atoms with Gasteiger partial charge in [0.15, 0.2) is 0 Å². The monoisotopic (exact) mass is 664 g/mol. The molecule has 0 heterocycles. The van der Waals surface area contributed by atoms with Crippen molar-refractivity contribution in [2.75, 3.05) is 0 Å². The maximum atomic E-state index is 2.26.